The second kappa shape index (κ2) is 3.92. The van der Waals surface area contributed by atoms with Gasteiger partial charge in [-0.1, -0.05) is 30.3 Å². The van der Waals surface area contributed by atoms with Gasteiger partial charge in [-0.3, -0.25) is 10.1 Å². The molecule has 4 aromatic rings. The largest absolute Gasteiger partial charge is 0.277 e. The summed E-state index contributed by atoms with van der Waals surface area (Å²) in [7, 11) is 0. The molecular weight excluding hydrogens is 234 g/mol. The highest BCUT2D eigenvalue weighted by Crippen LogP contribution is 2.30. The van der Waals surface area contributed by atoms with Crippen LogP contribution in [0, 0.1) is 0 Å². The molecule has 19 heavy (non-hydrogen) atoms. The Morgan fingerprint density at radius 3 is 2.53 bits per heavy atom. The van der Waals surface area contributed by atoms with Crippen molar-refractivity contribution < 1.29 is 0 Å². The van der Waals surface area contributed by atoms with E-state index in [1.165, 1.54) is 10.8 Å². The molecule has 0 unspecified atom stereocenters. The first-order valence-electron chi connectivity index (χ1n) is 6.20. The number of aromatic nitrogens is 3. The van der Waals surface area contributed by atoms with E-state index in [2.05, 4.69) is 45.5 Å². The zero-order valence-corrected chi connectivity index (χ0v) is 10.2. The molecule has 0 radical (unpaired) electrons. The van der Waals surface area contributed by atoms with E-state index in [1.54, 1.807) is 12.4 Å². The van der Waals surface area contributed by atoms with Crippen LogP contribution in [0.1, 0.15) is 0 Å². The zero-order valence-electron chi connectivity index (χ0n) is 10.2. The van der Waals surface area contributed by atoms with Crippen molar-refractivity contribution in [3.05, 3.63) is 60.9 Å². The number of fused-ring (bicyclic) bond motifs is 3. The van der Waals surface area contributed by atoms with Crippen molar-refractivity contribution in [1.82, 2.24) is 15.2 Å². The predicted molar refractivity (Wildman–Crippen MR) is 76.8 cm³/mol. The van der Waals surface area contributed by atoms with Crippen molar-refractivity contribution in [1.29, 1.82) is 0 Å². The van der Waals surface area contributed by atoms with Gasteiger partial charge in [0.15, 0.2) is 0 Å². The van der Waals surface area contributed by atoms with Crippen LogP contribution in [0.25, 0.3) is 32.9 Å². The maximum absolute atomic E-state index is 4.46. The number of aromatic amines is 1. The molecule has 0 bridgehead atoms. The van der Waals surface area contributed by atoms with Crippen LogP contribution in [0.3, 0.4) is 0 Å². The molecule has 0 amide bonds. The Hall–Kier alpha value is -2.68. The Morgan fingerprint density at radius 1 is 0.789 bits per heavy atom. The molecule has 3 nitrogen and oxygen atoms in total. The fourth-order valence-electron chi connectivity index (χ4n) is 2.49. The molecule has 4 rings (SSSR count). The van der Waals surface area contributed by atoms with Crippen molar-refractivity contribution in [2.24, 2.45) is 0 Å². The Labute approximate surface area is 109 Å². The van der Waals surface area contributed by atoms with Crippen LogP contribution in [-0.2, 0) is 0 Å². The minimum Gasteiger partial charge on any atom is -0.277 e. The smallest absolute Gasteiger partial charge is 0.100 e. The van der Waals surface area contributed by atoms with Gasteiger partial charge in [-0.25, -0.2) is 0 Å². The van der Waals surface area contributed by atoms with E-state index in [9.17, 15) is 0 Å². The molecule has 3 heteroatoms. The Kier molecular flexibility index (Phi) is 2.12. The van der Waals surface area contributed by atoms with E-state index in [0.29, 0.717) is 0 Å². The average Bonchev–Trinajstić information content (AvgIpc) is 2.92. The molecule has 1 N–H and O–H groups in total. The molecule has 0 saturated carbocycles. The number of pyridine rings is 1. The summed E-state index contributed by atoms with van der Waals surface area (Å²) in [6.07, 6.45) is 3.58. The fourth-order valence-corrected chi connectivity index (χ4v) is 2.49. The van der Waals surface area contributed by atoms with E-state index in [1.807, 2.05) is 18.2 Å². The molecule has 90 valence electrons. The van der Waals surface area contributed by atoms with Crippen molar-refractivity contribution in [2.75, 3.05) is 0 Å². The van der Waals surface area contributed by atoms with Crippen LogP contribution in [0.2, 0.25) is 0 Å². The van der Waals surface area contributed by atoms with Crippen LogP contribution in [0.4, 0.5) is 0 Å². The Morgan fingerprint density at radius 2 is 1.63 bits per heavy atom. The number of benzene rings is 2. The molecule has 2 aromatic carbocycles. The molecule has 0 saturated heterocycles. The highest BCUT2D eigenvalue weighted by molar-refractivity contribution is 6.09. The average molecular weight is 245 g/mol. The summed E-state index contributed by atoms with van der Waals surface area (Å²) in [5.74, 6) is 0. The molecule has 0 aliphatic rings. The van der Waals surface area contributed by atoms with Gasteiger partial charge in [0, 0.05) is 28.7 Å². The number of rotatable bonds is 1. The quantitative estimate of drug-likeness (QED) is 0.554. The van der Waals surface area contributed by atoms with Gasteiger partial charge in [0.25, 0.3) is 0 Å². The molecule has 0 fully saturated rings. The van der Waals surface area contributed by atoms with Gasteiger partial charge in [0.1, 0.15) is 5.69 Å². The third kappa shape index (κ3) is 1.52. The number of hydrogen-bond donors (Lipinski definition) is 1. The minimum absolute atomic E-state index is 0.975. The summed E-state index contributed by atoms with van der Waals surface area (Å²) in [5, 5.41) is 11.2. The maximum atomic E-state index is 4.46. The van der Waals surface area contributed by atoms with Gasteiger partial charge < -0.3 is 0 Å². The van der Waals surface area contributed by atoms with E-state index in [-0.39, 0.29) is 0 Å². The molecule has 0 aliphatic heterocycles. The number of nitrogens with one attached hydrogen (secondary N) is 1. The summed E-state index contributed by atoms with van der Waals surface area (Å²) in [4.78, 5) is 4.05. The van der Waals surface area contributed by atoms with Gasteiger partial charge >= 0.3 is 0 Å². The number of H-pyrrole nitrogens is 1. The van der Waals surface area contributed by atoms with Gasteiger partial charge in [-0.2, -0.15) is 5.10 Å². The summed E-state index contributed by atoms with van der Waals surface area (Å²) >= 11 is 0. The van der Waals surface area contributed by atoms with Crippen molar-refractivity contribution in [3.63, 3.8) is 0 Å². The lowest BCUT2D eigenvalue weighted by Gasteiger charge is -2.00. The van der Waals surface area contributed by atoms with E-state index in [4.69, 9.17) is 0 Å². The molecule has 2 aromatic heterocycles. The minimum atomic E-state index is 0.975. The monoisotopic (exact) mass is 245 g/mol. The number of hydrogen-bond acceptors (Lipinski definition) is 2. The highest BCUT2D eigenvalue weighted by Gasteiger charge is 2.09. The van der Waals surface area contributed by atoms with Crippen molar-refractivity contribution in [3.8, 4) is 11.3 Å². The van der Waals surface area contributed by atoms with Crippen molar-refractivity contribution >= 4 is 21.7 Å². The van der Waals surface area contributed by atoms with Crippen molar-refractivity contribution in [2.45, 2.75) is 0 Å². The standard InChI is InChI=1S/C16H11N3/c1-2-4-13-11(3-1)5-6-14-15(18-19-16(13)14)12-7-9-17-10-8-12/h1-10H,(H,18,19). The molecule has 0 atom stereocenters. The number of nitrogens with zero attached hydrogens (tertiary/aromatic N) is 2. The Balaban J connectivity index is 2.08. The second-order valence-electron chi connectivity index (χ2n) is 4.52. The lowest BCUT2D eigenvalue weighted by Crippen LogP contribution is -1.79. The molecular formula is C16H11N3. The SMILES string of the molecule is c1ccc2c(c1)ccc1c(-c3ccncc3)n[nH]c12. The zero-order chi connectivity index (χ0) is 12.7. The summed E-state index contributed by atoms with van der Waals surface area (Å²) in [6, 6.07) is 16.5. The highest BCUT2D eigenvalue weighted by atomic mass is 15.1. The van der Waals surface area contributed by atoms with Crippen LogP contribution in [0.5, 0.6) is 0 Å². The third-order valence-corrected chi connectivity index (χ3v) is 3.42. The topological polar surface area (TPSA) is 41.6 Å². The van der Waals surface area contributed by atoms with Crippen LogP contribution in [0.15, 0.2) is 60.9 Å². The predicted octanol–water partition coefficient (Wildman–Crippen LogP) is 3.78. The first-order chi connectivity index (χ1) is 9.43. The fraction of sp³-hybridized carbons (Fsp3) is 0. The van der Waals surface area contributed by atoms with E-state index >= 15 is 0 Å². The van der Waals surface area contributed by atoms with Crippen LogP contribution >= 0.6 is 0 Å². The van der Waals surface area contributed by atoms with Crippen LogP contribution in [-0.4, -0.2) is 15.2 Å². The first-order valence-corrected chi connectivity index (χ1v) is 6.20. The normalized spacial score (nSPS) is 11.2. The summed E-state index contributed by atoms with van der Waals surface area (Å²) in [5.41, 5.74) is 3.14. The van der Waals surface area contributed by atoms with E-state index < -0.39 is 0 Å². The van der Waals surface area contributed by atoms with Gasteiger partial charge in [-0.05, 0) is 23.6 Å². The van der Waals surface area contributed by atoms with E-state index in [0.717, 1.165) is 22.2 Å². The summed E-state index contributed by atoms with van der Waals surface area (Å²) in [6.45, 7) is 0. The maximum Gasteiger partial charge on any atom is 0.100 e. The lowest BCUT2D eigenvalue weighted by molar-refractivity contribution is 1.12. The van der Waals surface area contributed by atoms with Gasteiger partial charge in [-0.15, -0.1) is 0 Å². The lowest BCUT2D eigenvalue weighted by atomic mass is 10.0. The third-order valence-electron chi connectivity index (χ3n) is 3.42. The molecule has 0 spiro atoms. The van der Waals surface area contributed by atoms with Gasteiger partial charge in [0.05, 0.1) is 5.52 Å². The summed E-state index contributed by atoms with van der Waals surface area (Å²) < 4.78 is 0. The molecule has 0 aliphatic carbocycles. The molecule has 2 heterocycles. The van der Waals surface area contributed by atoms with Gasteiger partial charge in [0.2, 0.25) is 0 Å². The first kappa shape index (κ1) is 10.3. The van der Waals surface area contributed by atoms with Crippen LogP contribution < -0.4 is 0 Å². The second-order valence-corrected chi connectivity index (χ2v) is 4.52. The Bertz CT molecular complexity index is 863.